The van der Waals surface area contributed by atoms with Gasteiger partial charge in [-0.1, -0.05) is 15.9 Å². The van der Waals surface area contributed by atoms with E-state index in [-0.39, 0.29) is 11.7 Å². The number of hydrogen-bond acceptors (Lipinski definition) is 2. The first-order chi connectivity index (χ1) is 6.04. The van der Waals surface area contributed by atoms with Crippen LogP contribution in [0.2, 0.25) is 0 Å². The number of halogens is 2. The second-order valence-electron chi connectivity index (χ2n) is 3.49. The first-order valence-electron chi connectivity index (χ1n) is 4.41. The molecule has 0 aromatic rings. The fourth-order valence-corrected chi connectivity index (χ4v) is 1.44. The summed E-state index contributed by atoms with van der Waals surface area (Å²) in [6.45, 7) is 7.20. The molecule has 0 aliphatic rings. The van der Waals surface area contributed by atoms with Gasteiger partial charge in [0.1, 0.15) is 0 Å². The van der Waals surface area contributed by atoms with E-state index in [0.717, 1.165) is 5.33 Å². The minimum absolute atomic E-state index is 0.259. The lowest BCUT2D eigenvalue weighted by molar-refractivity contribution is -0.0408. The van der Waals surface area contributed by atoms with E-state index in [1.54, 1.807) is 0 Å². The Kier molecular flexibility index (Phi) is 7.42. The molecule has 0 amide bonds. The fraction of sp³-hybridized carbons (Fsp3) is 1.00. The molecule has 0 N–H and O–H groups in total. The molecular weight excluding hydrogens is 255 g/mol. The van der Waals surface area contributed by atoms with Crippen LogP contribution in [0.15, 0.2) is 0 Å². The van der Waals surface area contributed by atoms with Crippen molar-refractivity contribution in [3.63, 3.8) is 0 Å². The molecule has 0 rings (SSSR count). The number of ether oxygens (including phenoxy) is 2. The fourth-order valence-electron chi connectivity index (χ4n) is 0.685. The smallest absolute Gasteiger partial charge is 0.0886 e. The third-order valence-corrected chi connectivity index (χ3v) is 3.30. The summed E-state index contributed by atoms with van der Waals surface area (Å²) in [6, 6.07) is 0. The van der Waals surface area contributed by atoms with E-state index in [4.69, 9.17) is 21.1 Å². The van der Waals surface area contributed by atoms with Gasteiger partial charge < -0.3 is 9.47 Å². The molecule has 0 aromatic heterocycles. The SMILES string of the molecule is CC(C)OCCOC(C)(CCl)CBr. The highest BCUT2D eigenvalue weighted by atomic mass is 79.9. The summed E-state index contributed by atoms with van der Waals surface area (Å²) < 4.78 is 10.9. The van der Waals surface area contributed by atoms with Crippen LogP contribution in [0.3, 0.4) is 0 Å². The Morgan fingerprint density at radius 3 is 2.38 bits per heavy atom. The van der Waals surface area contributed by atoms with Crippen LogP contribution in [0, 0.1) is 0 Å². The monoisotopic (exact) mass is 272 g/mol. The van der Waals surface area contributed by atoms with Gasteiger partial charge in [0.2, 0.25) is 0 Å². The van der Waals surface area contributed by atoms with Crippen LogP contribution in [-0.2, 0) is 9.47 Å². The molecule has 80 valence electrons. The van der Waals surface area contributed by atoms with Gasteiger partial charge in [0.05, 0.1) is 30.8 Å². The Labute approximate surface area is 94.1 Å². The number of rotatable bonds is 7. The summed E-state index contributed by atoms with van der Waals surface area (Å²) in [5, 5.41) is 0.741. The summed E-state index contributed by atoms with van der Waals surface area (Å²) in [4.78, 5) is 0. The zero-order valence-electron chi connectivity index (χ0n) is 8.48. The van der Waals surface area contributed by atoms with Crippen molar-refractivity contribution in [2.75, 3.05) is 24.4 Å². The lowest BCUT2D eigenvalue weighted by atomic mass is 10.2. The van der Waals surface area contributed by atoms with Gasteiger partial charge in [0, 0.05) is 5.33 Å². The Morgan fingerprint density at radius 2 is 2.00 bits per heavy atom. The van der Waals surface area contributed by atoms with E-state index in [0.29, 0.717) is 19.1 Å². The van der Waals surface area contributed by atoms with Gasteiger partial charge in [-0.15, -0.1) is 11.6 Å². The molecule has 4 heteroatoms. The van der Waals surface area contributed by atoms with Gasteiger partial charge in [0.15, 0.2) is 0 Å². The maximum atomic E-state index is 5.75. The van der Waals surface area contributed by atoms with Crippen LogP contribution in [-0.4, -0.2) is 36.1 Å². The molecule has 0 saturated carbocycles. The van der Waals surface area contributed by atoms with Crippen molar-refractivity contribution in [2.45, 2.75) is 32.5 Å². The Bertz CT molecular complexity index is 127. The zero-order valence-corrected chi connectivity index (χ0v) is 10.8. The Balaban J connectivity index is 3.50. The average Bonchev–Trinajstić information content (AvgIpc) is 2.12. The van der Waals surface area contributed by atoms with Gasteiger partial charge in [-0.05, 0) is 20.8 Å². The highest BCUT2D eigenvalue weighted by Crippen LogP contribution is 2.15. The normalized spacial score (nSPS) is 16.2. The van der Waals surface area contributed by atoms with E-state index in [9.17, 15) is 0 Å². The van der Waals surface area contributed by atoms with E-state index >= 15 is 0 Å². The summed E-state index contributed by atoms with van der Waals surface area (Å²) in [5.74, 6) is 0.486. The van der Waals surface area contributed by atoms with Gasteiger partial charge >= 0.3 is 0 Å². The Hall–Kier alpha value is 0.690. The predicted molar refractivity (Wildman–Crippen MR) is 60.0 cm³/mol. The molecule has 1 unspecified atom stereocenters. The predicted octanol–water partition coefficient (Wildman–Crippen LogP) is 2.82. The standard InChI is InChI=1S/C9H18BrClO2/c1-8(2)12-4-5-13-9(3,6-10)7-11/h8H,4-7H2,1-3H3. The molecule has 0 bridgehead atoms. The van der Waals surface area contributed by atoms with Gasteiger partial charge in [-0.2, -0.15) is 0 Å². The molecule has 1 atom stereocenters. The second-order valence-corrected chi connectivity index (χ2v) is 4.31. The zero-order chi connectivity index (χ0) is 10.3. The molecule has 2 nitrogen and oxygen atoms in total. The maximum Gasteiger partial charge on any atom is 0.0886 e. The van der Waals surface area contributed by atoms with E-state index in [2.05, 4.69) is 15.9 Å². The lowest BCUT2D eigenvalue weighted by Crippen LogP contribution is -2.34. The molecule has 0 fully saturated rings. The van der Waals surface area contributed by atoms with Crippen LogP contribution in [0.25, 0.3) is 0 Å². The third-order valence-electron chi connectivity index (χ3n) is 1.55. The van der Waals surface area contributed by atoms with Gasteiger partial charge in [-0.3, -0.25) is 0 Å². The Morgan fingerprint density at radius 1 is 1.38 bits per heavy atom. The molecule has 0 heterocycles. The van der Waals surface area contributed by atoms with Crippen molar-refractivity contribution in [2.24, 2.45) is 0 Å². The quantitative estimate of drug-likeness (QED) is 0.524. The molecule has 0 aliphatic carbocycles. The third kappa shape index (κ3) is 6.72. The highest BCUT2D eigenvalue weighted by Gasteiger charge is 2.21. The van der Waals surface area contributed by atoms with Crippen molar-refractivity contribution in [1.29, 1.82) is 0 Å². The van der Waals surface area contributed by atoms with Crippen molar-refractivity contribution >= 4 is 27.5 Å². The summed E-state index contributed by atoms with van der Waals surface area (Å²) in [5.41, 5.74) is -0.276. The average molecular weight is 274 g/mol. The summed E-state index contributed by atoms with van der Waals surface area (Å²) in [6.07, 6.45) is 0.259. The van der Waals surface area contributed by atoms with Crippen molar-refractivity contribution < 1.29 is 9.47 Å². The highest BCUT2D eigenvalue weighted by molar-refractivity contribution is 9.09. The van der Waals surface area contributed by atoms with Crippen molar-refractivity contribution in [3.05, 3.63) is 0 Å². The maximum absolute atomic E-state index is 5.75. The largest absolute Gasteiger partial charge is 0.376 e. The van der Waals surface area contributed by atoms with Crippen LogP contribution in [0.4, 0.5) is 0 Å². The molecule has 0 aliphatic heterocycles. The first kappa shape index (κ1) is 13.7. The van der Waals surface area contributed by atoms with Crippen LogP contribution in [0.1, 0.15) is 20.8 Å². The molecule has 0 spiro atoms. The van der Waals surface area contributed by atoms with Crippen molar-refractivity contribution in [3.8, 4) is 0 Å². The minimum Gasteiger partial charge on any atom is -0.376 e. The summed E-state index contributed by atoms with van der Waals surface area (Å²) >= 11 is 9.12. The van der Waals surface area contributed by atoms with Crippen LogP contribution >= 0.6 is 27.5 Å². The van der Waals surface area contributed by atoms with E-state index < -0.39 is 0 Å². The van der Waals surface area contributed by atoms with Gasteiger partial charge in [0.25, 0.3) is 0 Å². The summed E-state index contributed by atoms with van der Waals surface area (Å²) in [7, 11) is 0. The molecular formula is C9H18BrClO2. The molecule has 0 aromatic carbocycles. The topological polar surface area (TPSA) is 18.5 Å². The van der Waals surface area contributed by atoms with Crippen LogP contribution in [0.5, 0.6) is 0 Å². The first-order valence-corrected chi connectivity index (χ1v) is 6.07. The van der Waals surface area contributed by atoms with Crippen LogP contribution < -0.4 is 0 Å². The van der Waals surface area contributed by atoms with E-state index in [1.165, 1.54) is 0 Å². The number of alkyl halides is 2. The molecule has 13 heavy (non-hydrogen) atoms. The van der Waals surface area contributed by atoms with Gasteiger partial charge in [-0.25, -0.2) is 0 Å². The number of hydrogen-bond donors (Lipinski definition) is 0. The second kappa shape index (κ2) is 7.04. The lowest BCUT2D eigenvalue weighted by Gasteiger charge is -2.25. The van der Waals surface area contributed by atoms with E-state index in [1.807, 2.05) is 20.8 Å². The molecule has 0 saturated heterocycles. The van der Waals surface area contributed by atoms with Crippen molar-refractivity contribution in [1.82, 2.24) is 0 Å². The molecule has 0 radical (unpaired) electrons. The minimum atomic E-state index is -0.276.